The van der Waals surface area contributed by atoms with E-state index in [-0.39, 0.29) is 29.1 Å². The largest absolute Gasteiger partial charge is 0.495 e. The van der Waals surface area contributed by atoms with Crippen LogP contribution in [0, 0.1) is 13.8 Å². The molecular formula is C30H28ClF3N2O2. The molecule has 38 heavy (non-hydrogen) atoms. The number of pyridine rings is 1. The predicted molar refractivity (Wildman–Crippen MR) is 145 cm³/mol. The highest BCUT2D eigenvalue weighted by Gasteiger charge is 2.33. The van der Waals surface area contributed by atoms with Crippen molar-refractivity contribution in [3.63, 3.8) is 0 Å². The summed E-state index contributed by atoms with van der Waals surface area (Å²) in [7, 11) is 1.48. The van der Waals surface area contributed by atoms with Crippen LogP contribution in [0.2, 0.25) is 5.02 Å². The molecule has 0 radical (unpaired) electrons. The van der Waals surface area contributed by atoms with Gasteiger partial charge in [0.05, 0.1) is 23.3 Å². The zero-order valence-corrected chi connectivity index (χ0v) is 22.0. The van der Waals surface area contributed by atoms with Gasteiger partial charge in [-0.1, -0.05) is 72.3 Å². The monoisotopic (exact) mass is 540 g/mol. The summed E-state index contributed by atoms with van der Waals surface area (Å²) in [5.74, 6) is 0.389. The van der Waals surface area contributed by atoms with Gasteiger partial charge in [-0.05, 0) is 48.2 Å². The molecule has 4 rings (SSSR count). The van der Waals surface area contributed by atoms with Crippen LogP contribution < -0.4 is 16.0 Å². The third-order valence-corrected chi connectivity index (χ3v) is 7.27. The number of halogens is 4. The molecule has 4 nitrogen and oxygen atoms in total. The molecule has 0 saturated heterocycles. The number of alkyl halides is 3. The molecule has 8 heteroatoms. The highest BCUT2D eigenvalue weighted by molar-refractivity contribution is 6.34. The Labute approximate surface area is 224 Å². The van der Waals surface area contributed by atoms with Crippen LogP contribution in [-0.4, -0.2) is 11.7 Å². The number of rotatable bonds is 7. The normalized spacial score (nSPS) is 12.4. The van der Waals surface area contributed by atoms with Crippen LogP contribution in [0.1, 0.15) is 39.6 Å². The second-order valence-corrected chi connectivity index (χ2v) is 9.53. The van der Waals surface area contributed by atoms with Crippen LogP contribution in [0.3, 0.4) is 0 Å². The van der Waals surface area contributed by atoms with E-state index in [1.165, 1.54) is 19.2 Å². The summed E-state index contributed by atoms with van der Waals surface area (Å²) in [5, 5.41) is 0.250. The van der Waals surface area contributed by atoms with Crippen molar-refractivity contribution >= 4 is 11.6 Å². The van der Waals surface area contributed by atoms with E-state index in [0.717, 1.165) is 11.6 Å². The van der Waals surface area contributed by atoms with Gasteiger partial charge in [-0.25, -0.2) is 0 Å². The third-order valence-electron chi connectivity index (χ3n) is 6.88. The van der Waals surface area contributed by atoms with E-state index in [1.807, 2.05) is 30.3 Å². The van der Waals surface area contributed by atoms with Gasteiger partial charge in [-0.15, -0.1) is 0 Å². The summed E-state index contributed by atoms with van der Waals surface area (Å²) >= 11 is 6.63. The SMILES string of the molecule is COc1cccc(-c2c(C)c(Cc3ccccc3C(F)(F)F)c(C)n(CC(N)c3ccccc3)c2=O)c1Cl. The Hall–Kier alpha value is -3.55. The molecule has 0 bridgehead atoms. The molecule has 1 aromatic heterocycles. The Bertz CT molecular complexity index is 1510. The quantitative estimate of drug-likeness (QED) is 0.272. The Kier molecular flexibility index (Phi) is 7.99. The predicted octanol–water partition coefficient (Wildman–Crippen LogP) is 7.10. The van der Waals surface area contributed by atoms with E-state index in [9.17, 15) is 18.0 Å². The van der Waals surface area contributed by atoms with E-state index in [4.69, 9.17) is 22.1 Å². The number of ether oxygens (including phenoxy) is 1. The van der Waals surface area contributed by atoms with E-state index in [2.05, 4.69) is 0 Å². The zero-order valence-electron chi connectivity index (χ0n) is 21.3. The lowest BCUT2D eigenvalue weighted by atomic mass is 9.90. The first-order valence-electron chi connectivity index (χ1n) is 12.1. The van der Waals surface area contributed by atoms with E-state index >= 15 is 0 Å². The van der Waals surface area contributed by atoms with Gasteiger partial charge >= 0.3 is 6.18 Å². The first-order chi connectivity index (χ1) is 18.0. The molecule has 0 amide bonds. The van der Waals surface area contributed by atoms with Crippen LogP contribution in [0.25, 0.3) is 11.1 Å². The number of methoxy groups -OCH3 is 1. The van der Waals surface area contributed by atoms with Crippen molar-refractivity contribution < 1.29 is 17.9 Å². The van der Waals surface area contributed by atoms with Crippen molar-refractivity contribution in [1.29, 1.82) is 0 Å². The van der Waals surface area contributed by atoms with Crippen LogP contribution in [0.15, 0.2) is 77.6 Å². The van der Waals surface area contributed by atoms with Gasteiger partial charge in [0.15, 0.2) is 0 Å². The number of benzene rings is 3. The molecule has 0 fully saturated rings. The molecule has 0 aliphatic heterocycles. The van der Waals surface area contributed by atoms with Gasteiger partial charge < -0.3 is 15.0 Å². The molecule has 0 saturated carbocycles. The molecule has 4 aromatic rings. The second-order valence-electron chi connectivity index (χ2n) is 9.15. The van der Waals surface area contributed by atoms with Gasteiger partial charge in [-0.3, -0.25) is 4.79 Å². The van der Waals surface area contributed by atoms with Crippen molar-refractivity contribution in [3.05, 3.63) is 122 Å². The van der Waals surface area contributed by atoms with Crippen LogP contribution in [0.4, 0.5) is 13.2 Å². The highest BCUT2D eigenvalue weighted by atomic mass is 35.5. The molecule has 198 valence electrons. The van der Waals surface area contributed by atoms with Gasteiger partial charge in [0, 0.05) is 30.3 Å². The smallest absolute Gasteiger partial charge is 0.416 e. The molecular weight excluding hydrogens is 513 g/mol. The number of nitrogens with zero attached hydrogens (tertiary/aromatic N) is 1. The van der Waals surface area contributed by atoms with Gasteiger partial charge in [0.2, 0.25) is 0 Å². The first-order valence-corrected chi connectivity index (χ1v) is 12.4. The standard InChI is InChI=1S/C30H28ClF3N2O2/c1-18-23(16-21-12-7-8-14-24(21)30(32,33)34)19(2)36(17-25(35)20-10-5-4-6-11-20)29(37)27(18)22-13-9-15-26(38-3)28(22)31/h4-15,25H,16-17,35H2,1-3H3. The summed E-state index contributed by atoms with van der Waals surface area (Å²) in [6, 6.07) is 19.4. The molecule has 0 aliphatic carbocycles. The minimum Gasteiger partial charge on any atom is -0.495 e. The number of hydrogen-bond donors (Lipinski definition) is 1. The molecule has 0 spiro atoms. The van der Waals surface area contributed by atoms with Gasteiger partial charge in [-0.2, -0.15) is 13.2 Å². The zero-order chi connectivity index (χ0) is 27.6. The molecule has 1 atom stereocenters. The van der Waals surface area contributed by atoms with Crippen LogP contribution in [-0.2, 0) is 19.1 Å². The van der Waals surface area contributed by atoms with Crippen molar-refractivity contribution in [2.45, 2.75) is 39.0 Å². The summed E-state index contributed by atoms with van der Waals surface area (Å²) in [6.45, 7) is 3.62. The van der Waals surface area contributed by atoms with Gasteiger partial charge in [0.1, 0.15) is 5.75 Å². The van der Waals surface area contributed by atoms with Crippen molar-refractivity contribution in [3.8, 4) is 16.9 Å². The highest BCUT2D eigenvalue weighted by Crippen LogP contribution is 2.38. The van der Waals surface area contributed by atoms with Crippen LogP contribution >= 0.6 is 11.6 Å². The average Bonchev–Trinajstić information content (AvgIpc) is 2.90. The minimum absolute atomic E-state index is 0.0250. The molecule has 1 unspecified atom stereocenters. The third kappa shape index (κ3) is 5.35. The lowest BCUT2D eigenvalue weighted by Crippen LogP contribution is -2.31. The van der Waals surface area contributed by atoms with E-state index < -0.39 is 17.8 Å². The molecule has 0 aliphatic rings. The average molecular weight is 541 g/mol. The van der Waals surface area contributed by atoms with Crippen molar-refractivity contribution in [2.24, 2.45) is 5.73 Å². The maximum Gasteiger partial charge on any atom is 0.416 e. The summed E-state index contributed by atoms with van der Waals surface area (Å²) < 4.78 is 48.4. The molecule has 2 N–H and O–H groups in total. The Balaban J connectivity index is 1.96. The van der Waals surface area contributed by atoms with Crippen LogP contribution in [0.5, 0.6) is 5.75 Å². The Morgan fingerprint density at radius 2 is 1.63 bits per heavy atom. The maximum atomic E-state index is 14.0. The Morgan fingerprint density at radius 1 is 0.974 bits per heavy atom. The maximum absolute atomic E-state index is 14.0. The fourth-order valence-corrected chi connectivity index (χ4v) is 5.13. The summed E-state index contributed by atoms with van der Waals surface area (Å²) in [6.07, 6.45) is -4.54. The lowest BCUT2D eigenvalue weighted by Gasteiger charge is -2.24. The topological polar surface area (TPSA) is 57.2 Å². The number of hydrogen-bond acceptors (Lipinski definition) is 3. The van der Waals surface area contributed by atoms with Crippen molar-refractivity contribution in [2.75, 3.05) is 7.11 Å². The van der Waals surface area contributed by atoms with Gasteiger partial charge in [0.25, 0.3) is 5.56 Å². The number of aromatic nitrogens is 1. The first kappa shape index (κ1) is 27.5. The van der Waals surface area contributed by atoms with E-state index in [0.29, 0.717) is 33.7 Å². The Morgan fingerprint density at radius 3 is 2.29 bits per heavy atom. The summed E-state index contributed by atoms with van der Waals surface area (Å²) in [4.78, 5) is 14.0. The van der Waals surface area contributed by atoms with E-state index in [1.54, 1.807) is 42.7 Å². The summed E-state index contributed by atoms with van der Waals surface area (Å²) in [5.41, 5.74) is 8.89. The second kappa shape index (κ2) is 11.1. The number of nitrogens with two attached hydrogens (primary N) is 1. The van der Waals surface area contributed by atoms with Crippen molar-refractivity contribution in [1.82, 2.24) is 4.57 Å². The molecule has 1 heterocycles. The fraction of sp³-hybridized carbons (Fsp3) is 0.233. The molecule has 3 aromatic carbocycles. The lowest BCUT2D eigenvalue weighted by molar-refractivity contribution is -0.138. The minimum atomic E-state index is -4.51. The fourth-order valence-electron chi connectivity index (χ4n) is 4.84.